The average Bonchev–Trinajstić information content (AvgIpc) is 3.08. The van der Waals surface area contributed by atoms with Gasteiger partial charge in [-0.2, -0.15) is 11.8 Å². The lowest BCUT2D eigenvalue weighted by Crippen LogP contribution is -2.40. The number of carbonyl (C=O) groups is 1. The quantitative estimate of drug-likeness (QED) is 0.754. The van der Waals surface area contributed by atoms with Crippen LogP contribution in [0.15, 0.2) is 0 Å². The van der Waals surface area contributed by atoms with Crippen molar-refractivity contribution in [2.24, 2.45) is 5.92 Å². The van der Waals surface area contributed by atoms with E-state index < -0.39 is 0 Å². The summed E-state index contributed by atoms with van der Waals surface area (Å²) >= 11 is 1.90. The molecule has 1 saturated heterocycles. The van der Waals surface area contributed by atoms with E-state index in [1.54, 1.807) is 0 Å². The zero-order valence-corrected chi connectivity index (χ0v) is 10.2. The Balaban J connectivity index is 1.72. The molecule has 1 heterocycles. The second kappa shape index (κ2) is 4.74. The Labute approximate surface area is 95.8 Å². The summed E-state index contributed by atoms with van der Waals surface area (Å²) in [4.78, 5) is 11.8. The number of carbonyl (C=O) groups excluding carboxylic acids is 1. The number of hydrogen-bond acceptors (Lipinski definition) is 3. The summed E-state index contributed by atoms with van der Waals surface area (Å²) < 4.78 is 0.391. The van der Waals surface area contributed by atoms with E-state index in [9.17, 15) is 4.79 Å². The number of hydrogen-bond donors (Lipinski definition) is 2. The van der Waals surface area contributed by atoms with E-state index in [-0.39, 0.29) is 11.8 Å². The van der Waals surface area contributed by atoms with Crippen LogP contribution in [0.2, 0.25) is 0 Å². The number of thioether (sulfide) groups is 1. The van der Waals surface area contributed by atoms with E-state index in [4.69, 9.17) is 0 Å². The predicted octanol–water partition coefficient (Wildman–Crippen LogP) is 0.998. The van der Waals surface area contributed by atoms with Crippen molar-refractivity contribution in [3.63, 3.8) is 0 Å². The Morgan fingerprint density at radius 1 is 1.47 bits per heavy atom. The topological polar surface area (TPSA) is 41.1 Å². The van der Waals surface area contributed by atoms with Crippen LogP contribution in [0.5, 0.6) is 0 Å². The average molecular weight is 228 g/mol. The highest BCUT2D eigenvalue weighted by molar-refractivity contribution is 8.00. The minimum Gasteiger partial charge on any atom is -0.354 e. The Kier molecular flexibility index (Phi) is 3.57. The minimum atomic E-state index is 0.254. The second-order valence-electron chi connectivity index (χ2n) is 4.63. The van der Waals surface area contributed by atoms with Crippen LogP contribution in [0.25, 0.3) is 0 Å². The van der Waals surface area contributed by atoms with E-state index in [0.717, 1.165) is 32.5 Å². The molecule has 1 saturated carbocycles. The van der Waals surface area contributed by atoms with E-state index in [2.05, 4.69) is 16.9 Å². The molecule has 86 valence electrons. The van der Waals surface area contributed by atoms with Gasteiger partial charge in [-0.15, -0.1) is 0 Å². The van der Waals surface area contributed by atoms with Gasteiger partial charge in [-0.3, -0.25) is 4.79 Å². The van der Waals surface area contributed by atoms with Crippen LogP contribution in [0.3, 0.4) is 0 Å². The fourth-order valence-corrected chi connectivity index (χ4v) is 2.80. The molecule has 2 N–H and O–H groups in total. The van der Waals surface area contributed by atoms with Gasteiger partial charge in [0.05, 0.1) is 0 Å². The lowest BCUT2D eigenvalue weighted by atomic mass is 9.97. The molecule has 2 rings (SSSR count). The van der Waals surface area contributed by atoms with E-state index >= 15 is 0 Å². The molecule has 15 heavy (non-hydrogen) atoms. The third-order valence-corrected chi connectivity index (χ3v) is 4.95. The Morgan fingerprint density at radius 2 is 2.13 bits per heavy atom. The van der Waals surface area contributed by atoms with Gasteiger partial charge in [-0.1, -0.05) is 0 Å². The molecule has 0 radical (unpaired) electrons. The zero-order chi connectivity index (χ0) is 10.7. The highest BCUT2D eigenvalue weighted by Gasteiger charge is 2.42. The number of piperidine rings is 1. The summed E-state index contributed by atoms with van der Waals surface area (Å²) in [5.41, 5.74) is 0. The third kappa shape index (κ3) is 2.88. The Bertz CT molecular complexity index is 235. The molecule has 0 aromatic rings. The molecular weight excluding hydrogens is 208 g/mol. The van der Waals surface area contributed by atoms with Gasteiger partial charge in [0.2, 0.25) is 5.91 Å². The van der Waals surface area contributed by atoms with Crippen LogP contribution in [0.4, 0.5) is 0 Å². The molecular formula is C11H20N2OS. The molecule has 1 amide bonds. The second-order valence-corrected chi connectivity index (χ2v) is 5.90. The number of nitrogens with one attached hydrogen (secondary N) is 2. The molecule has 1 aliphatic heterocycles. The first-order valence-corrected chi connectivity index (χ1v) is 7.02. The predicted molar refractivity (Wildman–Crippen MR) is 64.1 cm³/mol. The van der Waals surface area contributed by atoms with Gasteiger partial charge in [0.25, 0.3) is 0 Å². The van der Waals surface area contributed by atoms with Crippen LogP contribution in [-0.2, 0) is 4.79 Å². The summed E-state index contributed by atoms with van der Waals surface area (Å²) in [5, 5.41) is 6.40. The molecule has 3 nitrogen and oxygen atoms in total. The molecule has 1 aliphatic carbocycles. The molecule has 0 spiro atoms. The van der Waals surface area contributed by atoms with Gasteiger partial charge in [-0.25, -0.2) is 0 Å². The molecule has 2 aliphatic rings. The number of amides is 1. The summed E-state index contributed by atoms with van der Waals surface area (Å²) in [6, 6.07) is 0. The van der Waals surface area contributed by atoms with Gasteiger partial charge < -0.3 is 10.6 Å². The molecule has 0 unspecified atom stereocenters. The fraction of sp³-hybridized carbons (Fsp3) is 0.909. The van der Waals surface area contributed by atoms with Crippen LogP contribution in [-0.4, -0.2) is 36.5 Å². The molecule has 0 bridgehead atoms. The standard InChI is InChI=1S/C11H20N2OS/c1-15-11(4-5-11)8-13-10(14)9-2-6-12-7-3-9/h9,12H,2-8H2,1H3,(H,13,14). The van der Waals surface area contributed by atoms with Gasteiger partial charge in [-0.05, 0) is 45.0 Å². The van der Waals surface area contributed by atoms with Crippen molar-refractivity contribution in [3.8, 4) is 0 Å². The first kappa shape index (κ1) is 11.3. The summed E-state index contributed by atoms with van der Waals surface area (Å²) in [7, 11) is 0. The Hall–Kier alpha value is -0.220. The van der Waals surface area contributed by atoms with Crippen molar-refractivity contribution in [3.05, 3.63) is 0 Å². The highest BCUT2D eigenvalue weighted by Crippen LogP contribution is 2.46. The summed E-state index contributed by atoms with van der Waals surface area (Å²) in [6.45, 7) is 2.86. The maximum atomic E-state index is 11.8. The molecule has 0 aromatic heterocycles. The molecule has 4 heteroatoms. The largest absolute Gasteiger partial charge is 0.354 e. The maximum Gasteiger partial charge on any atom is 0.223 e. The highest BCUT2D eigenvalue weighted by atomic mass is 32.2. The van der Waals surface area contributed by atoms with Gasteiger partial charge >= 0.3 is 0 Å². The minimum absolute atomic E-state index is 0.254. The SMILES string of the molecule is CSC1(CNC(=O)C2CCNCC2)CC1. The van der Waals surface area contributed by atoms with Crippen LogP contribution in [0.1, 0.15) is 25.7 Å². The lowest BCUT2D eigenvalue weighted by molar-refractivity contribution is -0.125. The smallest absolute Gasteiger partial charge is 0.223 e. The molecule has 0 aromatic carbocycles. The van der Waals surface area contributed by atoms with Crippen LogP contribution < -0.4 is 10.6 Å². The lowest BCUT2D eigenvalue weighted by Gasteiger charge is -2.23. The van der Waals surface area contributed by atoms with Crippen molar-refractivity contribution in [1.29, 1.82) is 0 Å². The van der Waals surface area contributed by atoms with Gasteiger partial charge in [0, 0.05) is 17.2 Å². The summed E-state index contributed by atoms with van der Waals surface area (Å²) in [5.74, 6) is 0.528. The summed E-state index contributed by atoms with van der Waals surface area (Å²) in [6.07, 6.45) is 6.67. The first-order valence-electron chi connectivity index (χ1n) is 5.79. The maximum absolute atomic E-state index is 11.8. The fourth-order valence-electron chi connectivity index (χ4n) is 2.07. The van der Waals surface area contributed by atoms with Crippen molar-refractivity contribution >= 4 is 17.7 Å². The zero-order valence-electron chi connectivity index (χ0n) is 9.34. The molecule has 2 fully saturated rings. The van der Waals surface area contributed by atoms with Crippen molar-refractivity contribution < 1.29 is 4.79 Å². The normalized spacial score (nSPS) is 24.9. The number of rotatable bonds is 4. The van der Waals surface area contributed by atoms with E-state index in [1.165, 1.54) is 12.8 Å². The Morgan fingerprint density at radius 3 is 2.67 bits per heavy atom. The van der Waals surface area contributed by atoms with Crippen LogP contribution >= 0.6 is 11.8 Å². The third-order valence-electron chi connectivity index (χ3n) is 3.54. The van der Waals surface area contributed by atoms with Crippen molar-refractivity contribution in [2.45, 2.75) is 30.4 Å². The van der Waals surface area contributed by atoms with Crippen molar-refractivity contribution in [2.75, 3.05) is 25.9 Å². The van der Waals surface area contributed by atoms with E-state index in [1.807, 2.05) is 11.8 Å². The molecule has 0 atom stereocenters. The van der Waals surface area contributed by atoms with Gasteiger partial charge in [0.15, 0.2) is 0 Å². The van der Waals surface area contributed by atoms with Gasteiger partial charge in [0.1, 0.15) is 0 Å². The van der Waals surface area contributed by atoms with E-state index in [0.29, 0.717) is 4.75 Å². The first-order chi connectivity index (χ1) is 7.26. The van der Waals surface area contributed by atoms with Crippen molar-refractivity contribution in [1.82, 2.24) is 10.6 Å². The monoisotopic (exact) mass is 228 g/mol. The van der Waals surface area contributed by atoms with Crippen LogP contribution in [0, 0.1) is 5.92 Å².